The van der Waals surface area contributed by atoms with E-state index in [9.17, 15) is 4.79 Å². The molecule has 0 fully saturated rings. The van der Waals surface area contributed by atoms with Gasteiger partial charge in [0.25, 0.3) is 0 Å². The van der Waals surface area contributed by atoms with Crippen molar-refractivity contribution < 1.29 is 19.0 Å². The van der Waals surface area contributed by atoms with Gasteiger partial charge in [-0.1, -0.05) is 0 Å². The summed E-state index contributed by atoms with van der Waals surface area (Å²) in [6.45, 7) is 7.49. The lowest BCUT2D eigenvalue weighted by atomic mass is 10.2. The molecule has 1 aromatic heterocycles. The molecule has 32 heavy (non-hydrogen) atoms. The Morgan fingerprint density at radius 2 is 2.12 bits per heavy atom. The zero-order valence-corrected chi connectivity index (χ0v) is 22.6. The number of halogens is 1. The van der Waals surface area contributed by atoms with E-state index in [-0.39, 0.29) is 0 Å². The first-order valence-electron chi connectivity index (χ1n) is 10.1. The monoisotopic (exact) mass is 593 g/mol. The van der Waals surface area contributed by atoms with E-state index in [2.05, 4.69) is 41.3 Å². The molecular formula is C20H30IN5O4P2. The summed E-state index contributed by atoms with van der Waals surface area (Å²) in [5.74, 6) is 2.33. The van der Waals surface area contributed by atoms with Gasteiger partial charge in [0.05, 0.1) is 42.1 Å². The number of carbonyl (C=O) groups is 1. The molecule has 2 N–H and O–H groups in total. The first-order valence-corrected chi connectivity index (χ1v) is 14.8. The van der Waals surface area contributed by atoms with Crippen molar-refractivity contribution in [2.45, 2.75) is 39.2 Å². The lowest BCUT2D eigenvalue weighted by Crippen LogP contribution is -2.33. The molecule has 1 amide bonds. The van der Waals surface area contributed by atoms with Crippen LogP contribution in [0.4, 0.5) is 10.5 Å². The molecule has 1 aromatic carbocycles. The van der Waals surface area contributed by atoms with Gasteiger partial charge in [-0.3, -0.25) is 5.41 Å². The van der Waals surface area contributed by atoms with Crippen LogP contribution in [-0.2, 0) is 9.47 Å². The maximum atomic E-state index is 11.6. The molecule has 12 heteroatoms. The van der Waals surface area contributed by atoms with Gasteiger partial charge in [-0.25, -0.2) is 9.25 Å². The summed E-state index contributed by atoms with van der Waals surface area (Å²) in [6, 6.07) is 3.86. The second kappa shape index (κ2) is 13.3. The Hall–Kier alpha value is -1.48. The molecule has 1 unspecified atom stereocenters. The smallest absolute Gasteiger partial charge is 0.407 e. The Kier molecular flexibility index (Phi) is 11.1. The van der Waals surface area contributed by atoms with Crippen LogP contribution in [-0.4, -0.2) is 59.9 Å². The molecule has 0 aliphatic carbocycles. The van der Waals surface area contributed by atoms with E-state index in [1.165, 1.54) is 6.34 Å². The average molecular weight is 593 g/mol. The quantitative estimate of drug-likeness (QED) is 0.113. The number of hydrogen-bond acceptors (Lipinski definition) is 6. The zero-order chi connectivity index (χ0) is 23.6. The molecule has 0 spiro atoms. The lowest BCUT2D eigenvalue weighted by Gasteiger charge is -2.19. The number of alkyl carbamates (subject to hydrolysis) is 1. The molecule has 2 rings (SSSR count). The minimum atomic E-state index is -0.488. The number of unbranched alkanes of at least 4 members (excludes halogenated alkanes) is 1. The predicted octanol–water partition coefficient (Wildman–Crippen LogP) is 4.84. The summed E-state index contributed by atoms with van der Waals surface area (Å²) >= 11 is 2.28. The number of fused-ring (bicyclic) bond motifs is 1. The highest BCUT2D eigenvalue weighted by Gasteiger charge is 2.15. The van der Waals surface area contributed by atoms with Crippen LogP contribution in [0, 0.1) is 5.41 Å². The number of amides is 1. The van der Waals surface area contributed by atoms with Crippen molar-refractivity contribution in [2.24, 2.45) is 0 Å². The third kappa shape index (κ3) is 8.46. The van der Waals surface area contributed by atoms with E-state index >= 15 is 0 Å². The maximum absolute atomic E-state index is 11.6. The zero-order valence-electron chi connectivity index (χ0n) is 18.5. The summed E-state index contributed by atoms with van der Waals surface area (Å²) < 4.78 is 18.7. The first-order chi connectivity index (χ1) is 15.3. The van der Waals surface area contributed by atoms with Gasteiger partial charge in [-0.15, -0.1) is 8.86 Å². The van der Waals surface area contributed by atoms with E-state index in [0.29, 0.717) is 38.5 Å². The largest absolute Gasteiger partial charge is 0.490 e. The van der Waals surface area contributed by atoms with Crippen LogP contribution >= 0.6 is 37.3 Å². The van der Waals surface area contributed by atoms with Crippen LogP contribution < -0.4 is 15.0 Å². The van der Waals surface area contributed by atoms with Crippen molar-refractivity contribution in [1.29, 1.82) is 5.41 Å². The van der Waals surface area contributed by atoms with Gasteiger partial charge in [0.15, 0.2) is 0 Å². The van der Waals surface area contributed by atoms with Crippen LogP contribution in [0.5, 0.6) is 5.75 Å². The predicted molar refractivity (Wildman–Crippen MR) is 143 cm³/mol. The summed E-state index contributed by atoms with van der Waals surface area (Å²) in [5.41, 5.74) is 1.26. The molecule has 1 heterocycles. The lowest BCUT2D eigenvalue weighted by molar-refractivity contribution is 0.0523. The molecule has 0 radical (unpaired) electrons. The van der Waals surface area contributed by atoms with Crippen molar-refractivity contribution in [1.82, 2.24) is 14.9 Å². The number of ether oxygens (including phenoxy) is 3. The van der Waals surface area contributed by atoms with Crippen LogP contribution in [0.3, 0.4) is 0 Å². The summed E-state index contributed by atoms with van der Waals surface area (Å²) in [7, 11) is 3.34. The molecular weight excluding hydrogens is 563 g/mol. The number of nitrogens with one attached hydrogen (secondary N) is 2. The van der Waals surface area contributed by atoms with E-state index < -0.39 is 11.7 Å². The van der Waals surface area contributed by atoms with E-state index in [1.807, 2.05) is 37.4 Å². The minimum Gasteiger partial charge on any atom is -0.490 e. The molecule has 0 aliphatic rings. The van der Waals surface area contributed by atoms with Crippen molar-refractivity contribution in [3.63, 3.8) is 0 Å². The second-order valence-electron chi connectivity index (χ2n) is 7.78. The molecule has 1 atom stereocenters. The standard InChI is InChI=1S/C20H30IN5O4P2/c1-20(2,3)30-19(27)23-6-4-5-7-28-8-9-29-18-11-15(25(13-22)14-31)10-17-16(18)12-24-26(17)32-21/h10-14,22,31-32H,4-9H2,1-3H3,(H,23,27). The van der Waals surface area contributed by atoms with Crippen molar-refractivity contribution in [2.75, 3.05) is 31.3 Å². The average Bonchev–Trinajstić information content (AvgIpc) is 3.15. The van der Waals surface area contributed by atoms with Crippen LogP contribution in [0.2, 0.25) is 0 Å². The Morgan fingerprint density at radius 3 is 2.78 bits per heavy atom. The topological polar surface area (TPSA) is 102 Å². The number of carbonyl (C=O) groups excluding carboxylic acids is 1. The molecule has 0 bridgehead atoms. The number of rotatable bonds is 13. The Morgan fingerprint density at radius 1 is 1.34 bits per heavy atom. The SMILES string of the molecule is CC(C)(C)OC(=O)NCCCCOCCOc1cc(N(C=N)C=P)cc2c1cnn2PI. The highest BCUT2D eigenvalue weighted by molar-refractivity contribution is 14.2. The molecule has 0 aliphatic heterocycles. The van der Waals surface area contributed by atoms with Crippen LogP contribution in [0.25, 0.3) is 10.9 Å². The van der Waals surface area contributed by atoms with E-state index in [1.54, 1.807) is 17.0 Å². The Labute approximate surface area is 205 Å². The molecule has 0 saturated carbocycles. The fraction of sp³-hybridized carbons (Fsp3) is 0.500. The molecule has 0 saturated heterocycles. The van der Waals surface area contributed by atoms with Gasteiger partial charge in [-0.05, 0) is 61.7 Å². The van der Waals surface area contributed by atoms with Gasteiger partial charge >= 0.3 is 6.09 Å². The number of hydrogen-bond donors (Lipinski definition) is 2. The van der Waals surface area contributed by atoms with Crippen molar-refractivity contribution in [3.05, 3.63) is 18.3 Å². The highest BCUT2D eigenvalue weighted by atomic mass is 127. The Balaban J connectivity index is 1.77. The third-order valence-electron chi connectivity index (χ3n) is 4.16. The molecule has 9 nitrogen and oxygen atoms in total. The van der Waals surface area contributed by atoms with Crippen LogP contribution in [0.1, 0.15) is 33.6 Å². The second-order valence-corrected chi connectivity index (χ2v) is 10.1. The van der Waals surface area contributed by atoms with Crippen molar-refractivity contribution in [3.8, 4) is 5.75 Å². The summed E-state index contributed by atoms with van der Waals surface area (Å²) in [6.07, 6.45) is 4.70. The fourth-order valence-electron chi connectivity index (χ4n) is 2.75. The van der Waals surface area contributed by atoms with E-state index in [4.69, 9.17) is 19.6 Å². The van der Waals surface area contributed by atoms with Crippen molar-refractivity contribution >= 4 is 72.2 Å². The van der Waals surface area contributed by atoms with Crippen LogP contribution in [0.15, 0.2) is 18.3 Å². The van der Waals surface area contributed by atoms with Gasteiger partial charge < -0.3 is 24.4 Å². The minimum absolute atomic E-state index is 0.397. The Bertz CT molecular complexity index is 911. The third-order valence-corrected chi connectivity index (χ3v) is 6.33. The molecule has 176 valence electrons. The van der Waals surface area contributed by atoms with Gasteiger partial charge in [0.1, 0.15) is 18.0 Å². The summed E-state index contributed by atoms with van der Waals surface area (Å²) in [4.78, 5) is 13.2. The van der Waals surface area contributed by atoms with Gasteiger partial charge in [-0.2, -0.15) is 5.10 Å². The normalized spacial score (nSPS) is 11.6. The number of aromatic nitrogens is 2. The number of anilines is 1. The van der Waals surface area contributed by atoms with Gasteiger partial charge in [0, 0.05) is 25.1 Å². The number of nitrogens with zero attached hydrogens (tertiary/aromatic N) is 3. The first kappa shape index (κ1) is 26.8. The van der Waals surface area contributed by atoms with Gasteiger partial charge in [0.2, 0.25) is 0 Å². The fourth-order valence-corrected chi connectivity index (χ4v) is 4.50. The summed E-state index contributed by atoms with van der Waals surface area (Å²) in [5, 5.41) is 15.7. The maximum Gasteiger partial charge on any atom is 0.407 e. The highest BCUT2D eigenvalue weighted by Crippen LogP contribution is 2.36. The van der Waals surface area contributed by atoms with E-state index in [0.717, 1.165) is 29.4 Å². The number of benzene rings is 1. The molecule has 2 aromatic rings.